The number of urea groups is 1. The maximum atomic E-state index is 12.3. The first kappa shape index (κ1) is 16.9. The summed E-state index contributed by atoms with van der Waals surface area (Å²) in [5.41, 5.74) is 4.21. The molecule has 0 heterocycles. The van der Waals surface area contributed by atoms with Gasteiger partial charge < -0.3 is 15.4 Å². The normalized spacial score (nSPS) is 11.7. The molecule has 1 atom stereocenters. The van der Waals surface area contributed by atoms with Gasteiger partial charge in [-0.3, -0.25) is 0 Å². The molecule has 0 aliphatic rings. The molecule has 23 heavy (non-hydrogen) atoms. The second-order valence-electron chi connectivity index (χ2n) is 5.62. The van der Waals surface area contributed by atoms with Crippen LogP contribution in [0.1, 0.15) is 36.1 Å². The average Bonchev–Trinajstić information content (AvgIpc) is 2.53. The minimum Gasteiger partial charge on any atom is -0.495 e. The van der Waals surface area contributed by atoms with Crippen molar-refractivity contribution >= 4 is 11.7 Å². The van der Waals surface area contributed by atoms with E-state index in [1.54, 1.807) is 7.11 Å². The number of hydrogen-bond acceptors (Lipinski definition) is 2. The predicted molar refractivity (Wildman–Crippen MR) is 94.1 cm³/mol. The number of benzene rings is 2. The fourth-order valence-corrected chi connectivity index (χ4v) is 2.68. The molecule has 4 heteroatoms. The summed E-state index contributed by atoms with van der Waals surface area (Å²) < 4.78 is 5.25. The summed E-state index contributed by atoms with van der Waals surface area (Å²) in [5.74, 6) is 0.641. The fourth-order valence-electron chi connectivity index (χ4n) is 2.68. The fraction of sp³-hybridized carbons (Fsp3) is 0.316. The van der Waals surface area contributed by atoms with E-state index in [2.05, 4.69) is 49.6 Å². The van der Waals surface area contributed by atoms with Gasteiger partial charge in [0.15, 0.2) is 0 Å². The van der Waals surface area contributed by atoms with Crippen molar-refractivity contribution < 1.29 is 9.53 Å². The van der Waals surface area contributed by atoms with Gasteiger partial charge in [0.2, 0.25) is 0 Å². The maximum Gasteiger partial charge on any atom is 0.319 e. The van der Waals surface area contributed by atoms with E-state index >= 15 is 0 Å². The molecule has 0 bridgehead atoms. The molecule has 0 fully saturated rings. The lowest BCUT2D eigenvalue weighted by Gasteiger charge is -2.20. The van der Waals surface area contributed by atoms with Crippen LogP contribution in [0.2, 0.25) is 0 Å². The van der Waals surface area contributed by atoms with Gasteiger partial charge in [-0.25, -0.2) is 4.79 Å². The molecule has 0 saturated heterocycles. The highest BCUT2D eigenvalue weighted by Gasteiger charge is 2.15. The molecule has 0 aromatic heterocycles. The van der Waals surface area contributed by atoms with Crippen molar-refractivity contribution in [3.8, 4) is 5.75 Å². The van der Waals surface area contributed by atoms with E-state index in [-0.39, 0.29) is 12.1 Å². The van der Waals surface area contributed by atoms with Gasteiger partial charge in [-0.05, 0) is 43.5 Å². The van der Waals surface area contributed by atoms with Crippen molar-refractivity contribution in [2.45, 2.75) is 33.2 Å². The third-order valence-corrected chi connectivity index (χ3v) is 3.87. The lowest BCUT2D eigenvalue weighted by molar-refractivity contribution is 0.248. The monoisotopic (exact) mass is 312 g/mol. The van der Waals surface area contributed by atoms with Crippen LogP contribution in [-0.2, 0) is 0 Å². The van der Waals surface area contributed by atoms with Gasteiger partial charge in [0.05, 0.1) is 18.8 Å². The Bertz CT molecular complexity index is 683. The number of anilines is 1. The van der Waals surface area contributed by atoms with Crippen LogP contribution in [0.5, 0.6) is 5.75 Å². The molecule has 0 spiro atoms. The summed E-state index contributed by atoms with van der Waals surface area (Å²) in [6.45, 7) is 6.21. The molecule has 2 amide bonds. The Hall–Kier alpha value is -2.49. The molecule has 2 rings (SSSR count). The average molecular weight is 312 g/mol. The molecule has 2 aromatic rings. The second-order valence-corrected chi connectivity index (χ2v) is 5.62. The summed E-state index contributed by atoms with van der Waals surface area (Å²) in [7, 11) is 1.59. The van der Waals surface area contributed by atoms with Crippen LogP contribution in [0.4, 0.5) is 10.5 Å². The van der Waals surface area contributed by atoms with E-state index in [4.69, 9.17) is 4.74 Å². The van der Waals surface area contributed by atoms with Crippen molar-refractivity contribution in [1.82, 2.24) is 5.32 Å². The van der Waals surface area contributed by atoms with Crippen molar-refractivity contribution in [3.63, 3.8) is 0 Å². The van der Waals surface area contributed by atoms with Gasteiger partial charge in [-0.2, -0.15) is 0 Å². The van der Waals surface area contributed by atoms with Crippen LogP contribution in [-0.4, -0.2) is 13.1 Å². The van der Waals surface area contributed by atoms with E-state index in [1.165, 1.54) is 11.1 Å². The van der Waals surface area contributed by atoms with Gasteiger partial charge in [0.1, 0.15) is 5.75 Å². The van der Waals surface area contributed by atoms with Crippen LogP contribution in [0.3, 0.4) is 0 Å². The topological polar surface area (TPSA) is 50.4 Å². The smallest absolute Gasteiger partial charge is 0.319 e. The Morgan fingerprint density at radius 3 is 2.57 bits per heavy atom. The molecular formula is C19H24N2O2. The zero-order valence-electron chi connectivity index (χ0n) is 14.1. The van der Waals surface area contributed by atoms with Crippen molar-refractivity contribution in [2.75, 3.05) is 12.4 Å². The maximum absolute atomic E-state index is 12.3. The molecule has 122 valence electrons. The summed E-state index contributed by atoms with van der Waals surface area (Å²) in [6.07, 6.45) is 0.823. The molecule has 4 nitrogen and oxygen atoms in total. The van der Waals surface area contributed by atoms with Crippen molar-refractivity contribution in [2.24, 2.45) is 0 Å². The van der Waals surface area contributed by atoms with Crippen LogP contribution in [0.25, 0.3) is 0 Å². The van der Waals surface area contributed by atoms with Gasteiger partial charge >= 0.3 is 6.03 Å². The SMILES string of the molecule is CC[C@@H](NC(=O)Nc1ccccc1OC)c1ccc(C)cc1C. The highest BCUT2D eigenvalue weighted by atomic mass is 16.5. The summed E-state index contributed by atoms with van der Waals surface area (Å²) in [5, 5.41) is 5.89. The van der Waals surface area contributed by atoms with E-state index in [9.17, 15) is 4.79 Å². The van der Waals surface area contributed by atoms with E-state index in [1.807, 2.05) is 24.3 Å². The van der Waals surface area contributed by atoms with E-state index in [0.29, 0.717) is 11.4 Å². The molecule has 2 aromatic carbocycles. The Balaban J connectivity index is 2.11. The first-order chi connectivity index (χ1) is 11.0. The van der Waals surface area contributed by atoms with Crippen LogP contribution < -0.4 is 15.4 Å². The minimum absolute atomic E-state index is 0.0229. The zero-order valence-corrected chi connectivity index (χ0v) is 14.1. The number of amides is 2. The summed E-state index contributed by atoms with van der Waals surface area (Å²) in [6, 6.07) is 13.4. The first-order valence-corrected chi connectivity index (χ1v) is 7.82. The van der Waals surface area contributed by atoms with Crippen LogP contribution in [0, 0.1) is 13.8 Å². The van der Waals surface area contributed by atoms with Gasteiger partial charge in [0.25, 0.3) is 0 Å². The quantitative estimate of drug-likeness (QED) is 0.848. The van der Waals surface area contributed by atoms with Gasteiger partial charge in [0, 0.05) is 0 Å². The second kappa shape index (κ2) is 7.68. The number of ether oxygens (including phenoxy) is 1. The number of aryl methyl sites for hydroxylation is 2. The Morgan fingerprint density at radius 1 is 1.17 bits per heavy atom. The number of rotatable bonds is 5. The number of para-hydroxylation sites is 2. The van der Waals surface area contributed by atoms with E-state index < -0.39 is 0 Å². The predicted octanol–water partition coefficient (Wildman–Crippen LogP) is 4.58. The minimum atomic E-state index is -0.235. The number of methoxy groups -OCH3 is 1. The van der Waals surface area contributed by atoms with E-state index in [0.717, 1.165) is 12.0 Å². The first-order valence-electron chi connectivity index (χ1n) is 7.82. The largest absolute Gasteiger partial charge is 0.495 e. The van der Waals surface area contributed by atoms with Gasteiger partial charge in [-0.15, -0.1) is 0 Å². The van der Waals surface area contributed by atoms with Gasteiger partial charge in [-0.1, -0.05) is 42.8 Å². The molecule has 0 unspecified atom stereocenters. The molecular weight excluding hydrogens is 288 g/mol. The van der Waals surface area contributed by atoms with Crippen molar-refractivity contribution in [1.29, 1.82) is 0 Å². The third kappa shape index (κ3) is 4.25. The number of carbonyl (C=O) groups excluding carboxylic acids is 1. The Kier molecular flexibility index (Phi) is 5.63. The Labute approximate surface area is 137 Å². The standard InChI is InChI=1S/C19H24N2O2/c1-5-16(15-11-10-13(2)12-14(15)3)20-19(22)21-17-8-6-7-9-18(17)23-4/h6-12,16H,5H2,1-4H3,(H2,20,21,22)/t16-/m1/s1. The summed E-state index contributed by atoms with van der Waals surface area (Å²) in [4.78, 5) is 12.3. The van der Waals surface area contributed by atoms with Crippen LogP contribution >= 0.6 is 0 Å². The molecule has 0 aliphatic heterocycles. The summed E-state index contributed by atoms with van der Waals surface area (Å²) >= 11 is 0. The zero-order chi connectivity index (χ0) is 16.8. The molecule has 2 N–H and O–H groups in total. The highest BCUT2D eigenvalue weighted by molar-refractivity contribution is 5.91. The molecule has 0 radical (unpaired) electrons. The molecule has 0 aliphatic carbocycles. The number of hydrogen-bond donors (Lipinski definition) is 2. The molecule has 0 saturated carbocycles. The highest BCUT2D eigenvalue weighted by Crippen LogP contribution is 2.24. The lowest BCUT2D eigenvalue weighted by atomic mass is 9.98. The lowest BCUT2D eigenvalue weighted by Crippen LogP contribution is -2.32. The Morgan fingerprint density at radius 2 is 1.91 bits per heavy atom. The number of nitrogens with one attached hydrogen (secondary N) is 2. The van der Waals surface area contributed by atoms with Crippen molar-refractivity contribution in [3.05, 3.63) is 59.2 Å². The number of carbonyl (C=O) groups is 1. The van der Waals surface area contributed by atoms with Crippen LogP contribution in [0.15, 0.2) is 42.5 Å². The third-order valence-electron chi connectivity index (χ3n) is 3.87.